The third kappa shape index (κ3) is 5.64. The van der Waals surface area contributed by atoms with Gasteiger partial charge in [0.15, 0.2) is 5.96 Å². The Hall–Kier alpha value is -0.370. The smallest absolute Gasteiger partial charge is 0.190 e. The molecule has 0 bridgehead atoms. The molecular weight excluding hydrogens is 335 g/mol. The van der Waals surface area contributed by atoms with Crippen LogP contribution in [0.3, 0.4) is 0 Å². The first-order valence-corrected chi connectivity index (χ1v) is 5.99. The Morgan fingerprint density at radius 1 is 1.50 bits per heavy atom. The second kappa shape index (κ2) is 8.74. The lowest BCUT2D eigenvalue weighted by Gasteiger charge is -2.08. The van der Waals surface area contributed by atoms with Crippen LogP contribution >= 0.6 is 35.3 Å². The van der Waals surface area contributed by atoms with E-state index in [4.69, 9.17) is 0 Å². The van der Waals surface area contributed by atoms with Gasteiger partial charge in [-0.05, 0) is 13.8 Å². The van der Waals surface area contributed by atoms with E-state index in [1.165, 1.54) is 0 Å². The molecule has 4 nitrogen and oxygen atoms in total. The summed E-state index contributed by atoms with van der Waals surface area (Å²) in [5.74, 6) is 0.851. The second-order valence-electron chi connectivity index (χ2n) is 3.14. The maximum atomic E-state index is 4.40. The average molecular weight is 354 g/mol. The Kier molecular flexibility index (Phi) is 8.54. The lowest BCUT2D eigenvalue weighted by molar-refractivity contribution is 0.799. The van der Waals surface area contributed by atoms with Crippen molar-refractivity contribution in [2.24, 2.45) is 4.99 Å². The standard InChI is InChI=1S/C10H18N4S.HI/c1-4-12-10(11-3)13-6-5-9-7-15-8(2)14-9;/h7H,4-6H2,1-3H3,(H2,11,12,13);1H. The number of rotatable bonds is 4. The zero-order chi connectivity index (χ0) is 11.1. The molecule has 0 amide bonds. The fourth-order valence-corrected chi connectivity index (χ4v) is 1.87. The van der Waals surface area contributed by atoms with Gasteiger partial charge in [-0.1, -0.05) is 0 Å². The summed E-state index contributed by atoms with van der Waals surface area (Å²) in [5, 5.41) is 9.61. The minimum Gasteiger partial charge on any atom is -0.357 e. The zero-order valence-corrected chi connectivity index (χ0v) is 13.1. The van der Waals surface area contributed by atoms with Gasteiger partial charge in [-0.15, -0.1) is 35.3 Å². The van der Waals surface area contributed by atoms with Crippen LogP contribution in [0.1, 0.15) is 17.6 Å². The van der Waals surface area contributed by atoms with Crippen LogP contribution in [0.25, 0.3) is 0 Å². The number of thiazole rings is 1. The number of hydrogen-bond acceptors (Lipinski definition) is 3. The number of nitrogens with one attached hydrogen (secondary N) is 2. The van der Waals surface area contributed by atoms with E-state index in [2.05, 4.69) is 32.9 Å². The largest absolute Gasteiger partial charge is 0.357 e. The minimum atomic E-state index is 0. The highest BCUT2D eigenvalue weighted by Crippen LogP contribution is 2.07. The number of halogens is 1. The van der Waals surface area contributed by atoms with Crippen molar-refractivity contribution in [2.45, 2.75) is 20.3 Å². The molecular formula is C10H19IN4S. The topological polar surface area (TPSA) is 49.3 Å². The molecule has 92 valence electrons. The molecule has 0 atom stereocenters. The summed E-state index contributed by atoms with van der Waals surface area (Å²) >= 11 is 1.69. The molecule has 1 rings (SSSR count). The molecule has 0 aliphatic carbocycles. The van der Waals surface area contributed by atoms with E-state index < -0.39 is 0 Å². The molecule has 0 fully saturated rings. The van der Waals surface area contributed by atoms with Crippen LogP contribution in [0.2, 0.25) is 0 Å². The average Bonchev–Trinajstić information content (AvgIpc) is 2.63. The molecule has 0 spiro atoms. The van der Waals surface area contributed by atoms with Crippen LogP contribution in [-0.2, 0) is 6.42 Å². The summed E-state index contributed by atoms with van der Waals surface area (Å²) in [6.07, 6.45) is 0.939. The van der Waals surface area contributed by atoms with Crippen LogP contribution in [-0.4, -0.2) is 31.1 Å². The van der Waals surface area contributed by atoms with Crippen molar-refractivity contribution in [1.82, 2.24) is 15.6 Å². The number of aliphatic imine (C=N–C) groups is 1. The Balaban J connectivity index is 0.00000225. The first-order chi connectivity index (χ1) is 7.26. The highest BCUT2D eigenvalue weighted by Gasteiger charge is 1.99. The third-order valence-electron chi connectivity index (χ3n) is 1.91. The summed E-state index contributed by atoms with van der Waals surface area (Å²) < 4.78 is 0. The van der Waals surface area contributed by atoms with Crippen LogP contribution in [0.4, 0.5) is 0 Å². The fourth-order valence-electron chi connectivity index (χ4n) is 1.22. The summed E-state index contributed by atoms with van der Waals surface area (Å²) in [5.41, 5.74) is 1.15. The number of hydrogen-bond donors (Lipinski definition) is 2. The predicted molar refractivity (Wildman–Crippen MR) is 81.0 cm³/mol. The first kappa shape index (κ1) is 15.6. The van der Waals surface area contributed by atoms with E-state index in [-0.39, 0.29) is 24.0 Å². The molecule has 0 radical (unpaired) electrons. The van der Waals surface area contributed by atoms with Gasteiger partial charge in [0, 0.05) is 31.9 Å². The summed E-state index contributed by atoms with van der Waals surface area (Å²) in [6, 6.07) is 0. The van der Waals surface area contributed by atoms with E-state index in [0.29, 0.717) is 0 Å². The molecule has 0 aliphatic heterocycles. The Labute approximate surface area is 118 Å². The fraction of sp³-hybridized carbons (Fsp3) is 0.600. The number of aryl methyl sites for hydroxylation is 1. The van der Waals surface area contributed by atoms with E-state index in [9.17, 15) is 0 Å². The molecule has 0 saturated carbocycles. The Bertz CT molecular complexity index is 324. The molecule has 0 unspecified atom stereocenters. The van der Waals surface area contributed by atoms with Crippen LogP contribution in [0.15, 0.2) is 10.4 Å². The lowest BCUT2D eigenvalue weighted by Crippen LogP contribution is -2.38. The van der Waals surface area contributed by atoms with Gasteiger partial charge in [0.05, 0.1) is 10.7 Å². The van der Waals surface area contributed by atoms with Crippen molar-refractivity contribution in [1.29, 1.82) is 0 Å². The highest BCUT2D eigenvalue weighted by molar-refractivity contribution is 14.0. The molecule has 6 heteroatoms. The van der Waals surface area contributed by atoms with Gasteiger partial charge >= 0.3 is 0 Å². The molecule has 16 heavy (non-hydrogen) atoms. The molecule has 1 aromatic heterocycles. The highest BCUT2D eigenvalue weighted by atomic mass is 127. The third-order valence-corrected chi connectivity index (χ3v) is 2.73. The Morgan fingerprint density at radius 3 is 2.75 bits per heavy atom. The van der Waals surface area contributed by atoms with Crippen LogP contribution in [0, 0.1) is 6.92 Å². The number of nitrogens with zero attached hydrogens (tertiary/aromatic N) is 2. The molecule has 0 saturated heterocycles. The molecule has 1 aromatic rings. The number of aromatic nitrogens is 1. The van der Waals surface area contributed by atoms with Gasteiger partial charge in [0.25, 0.3) is 0 Å². The van der Waals surface area contributed by atoms with Gasteiger partial charge in [-0.2, -0.15) is 0 Å². The Morgan fingerprint density at radius 2 is 2.25 bits per heavy atom. The first-order valence-electron chi connectivity index (χ1n) is 5.11. The van der Waals surface area contributed by atoms with Crippen LogP contribution < -0.4 is 10.6 Å². The van der Waals surface area contributed by atoms with Gasteiger partial charge in [-0.3, -0.25) is 4.99 Å². The normalized spacial score (nSPS) is 10.8. The SMILES string of the molecule is CCNC(=NC)NCCc1csc(C)n1.I. The molecule has 0 aliphatic rings. The van der Waals surface area contributed by atoms with Gasteiger partial charge in [0.2, 0.25) is 0 Å². The van der Waals surface area contributed by atoms with E-state index in [1.807, 2.05) is 6.92 Å². The van der Waals surface area contributed by atoms with Gasteiger partial charge in [-0.25, -0.2) is 4.98 Å². The van der Waals surface area contributed by atoms with E-state index in [0.717, 1.165) is 36.2 Å². The van der Waals surface area contributed by atoms with Gasteiger partial charge < -0.3 is 10.6 Å². The zero-order valence-electron chi connectivity index (χ0n) is 9.91. The minimum absolute atomic E-state index is 0. The lowest BCUT2D eigenvalue weighted by atomic mass is 10.3. The van der Waals surface area contributed by atoms with Crippen molar-refractivity contribution in [3.05, 3.63) is 16.1 Å². The number of guanidine groups is 1. The van der Waals surface area contributed by atoms with E-state index in [1.54, 1.807) is 18.4 Å². The predicted octanol–water partition coefficient (Wildman–Crippen LogP) is 1.80. The maximum Gasteiger partial charge on any atom is 0.190 e. The van der Waals surface area contributed by atoms with Crippen LogP contribution in [0.5, 0.6) is 0 Å². The second-order valence-corrected chi connectivity index (χ2v) is 4.20. The van der Waals surface area contributed by atoms with Crippen molar-refractivity contribution in [3.63, 3.8) is 0 Å². The molecule has 2 N–H and O–H groups in total. The quantitative estimate of drug-likeness (QED) is 0.493. The maximum absolute atomic E-state index is 4.40. The van der Waals surface area contributed by atoms with Crippen molar-refractivity contribution in [2.75, 3.05) is 20.1 Å². The summed E-state index contributed by atoms with van der Waals surface area (Å²) in [6.45, 7) is 5.83. The van der Waals surface area contributed by atoms with Crippen molar-refractivity contribution < 1.29 is 0 Å². The molecule has 0 aromatic carbocycles. The summed E-state index contributed by atoms with van der Waals surface area (Å²) in [7, 11) is 1.78. The molecule has 1 heterocycles. The van der Waals surface area contributed by atoms with E-state index >= 15 is 0 Å². The monoisotopic (exact) mass is 354 g/mol. The van der Waals surface area contributed by atoms with Crippen molar-refractivity contribution >= 4 is 41.3 Å². The van der Waals surface area contributed by atoms with Crippen molar-refractivity contribution in [3.8, 4) is 0 Å². The van der Waals surface area contributed by atoms with Gasteiger partial charge in [0.1, 0.15) is 0 Å². The summed E-state index contributed by atoms with van der Waals surface area (Å²) in [4.78, 5) is 8.49.